The minimum absolute atomic E-state index is 0.118. The average Bonchev–Trinajstić information content (AvgIpc) is 2.85. The smallest absolute Gasteiger partial charge is 0.338 e. The Balaban J connectivity index is 1.74. The number of aliphatic hydroxyl groups is 1. The number of esters is 4. The van der Waals surface area contributed by atoms with Crippen LogP contribution in [0, 0.1) is 0 Å². The van der Waals surface area contributed by atoms with E-state index in [-0.39, 0.29) is 61.9 Å². The Kier molecular flexibility index (Phi) is 10.5. The van der Waals surface area contributed by atoms with Gasteiger partial charge in [0.25, 0.3) is 0 Å². The first-order chi connectivity index (χ1) is 16.0. The zero-order valence-corrected chi connectivity index (χ0v) is 18.0. The van der Waals surface area contributed by atoms with Crippen molar-refractivity contribution in [3.63, 3.8) is 0 Å². The molecular formula is C23H24O10. The lowest BCUT2D eigenvalue weighted by atomic mass is 10.1. The van der Waals surface area contributed by atoms with Crippen LogP contribution in [0.1, 0.15) is 41.4 Å². The first-order valence-electron chi connectivity index (χ1n) is 9.94. The predicted octanol–water partition coefficient (Wildman–Crippen LogP) is 1.65. The number of benzene rings is 2. The SMILES string of the molecule is COCCOC(=O)c1ccc(C(=O)OCCOC(=O)c2ccc(C(=O)OCCO)cc2)cc1. The second kappa shape index (κ2) is 13.6. The molecule has 0 aliphatic carbocycles. The zero-order chi connectivity index (χ0) is 24.1. The Morgan fingerprint density at radius 2 is 0.818 bits per heavy atom. The highest BCUT2D eigenvalue weighted by molar-refractivity contribution is 5.94. The third kappa shape index (κ3) is 8.36. The van der Waals surface area contributed by atoms with E-state index in [4.69, 9.17) is 28.8 Å². The molecule has 2 rings (SSSR count). The molecule has 0 amide bonds. The number of carbonyl (C=O) groups excluding carboxylic acids is 4. The number of aliphatic hydroxyl groups excluding tert-OH is 1. The number of rotatable bonds is 12. The molecule has 0 bridgehead atoms. The molecule has 0 aliphatic heterocycles. The van der Waals surface area contributed by atoms with E-state index in [1.54, 1.807) is 0 Å². The molecule has 0 unspecified atom stereocenters. The Bertz CT molecular complexity index is 935. The van der Waals surface area contributed by atoms with Gasteiger partial charge in [-0.25, -0.2) is 19.2 Å². The first kappa shape index (κ1) is 25.5. The summed E-state index contributed by atoms with van der Waals surface area (Å²) in [5.41, 5.74) is 0.930. The molecule has 10 heteroatoms. The molecule has 10 nitrogen and oxygen atoms in total. The molecule has 2 aromatic rings. The molecule has 0 aliphatic rings. The van der Waals surface area contributed by atoms with Gasteiger partial charge in [-0.1, -0.05) is 0 Å². The predicted molar refractivity (Wildman–Crippen MR) is 113 cm³/mol. The van der Waals surface area contributed by atoms with Gasteiger partial charge in [0.2, 0.25) is 0 Å². The van der Waals surface area contributed by atoms with Crippen LogP contribution in [0.15, 0.2) is 48.5 Å². The standard InChI is InChI=1S/C23H24O10/c1-29-12-13-31-21(26)17-6-8-19(9-7-17)23(28)33-15-14-32-22(27)18-4-2-16(3-5-18)20(25)30-11-10-24/h2-9,24H,10-15H2,1H3. The van der Waals surface area contributed by atoms with Crippen LogP contribution in [-0.4, -0.2) is 75.7 Å². The van der Waals surface area contributed by atoms with E-state index in [0.717, 1.165) is 0 Å². The normalized spacial score (nSPS) is 10.2. The first-order valence-corrected chi connectivity index (χ1v) is 9.94. The Morgan fingerprint density at radius 3 is 1.09 bits per heavy atom. The molecule has 0 fully saturated rings. The van der Waals surface area contributed by atoms with E-state index in [1.807, 2.05) is 0 Å². The van der Waals surface area contributed by atoms with Crippen molar-refractivity contribution in [3.8, 4) is 0 Å². The molecule has 0 radical (unpaired) electrons. The largest absolute Gasteiger partial charge is 0.460 e. The van der Waals surface area contributed by atoms with Crippen molar-refractivity contribution < 1.29 is 48.0 Å². The molecule has 176 valence electrons. The lowest BCUT2D eigenvalue weighted by Crippen LogP contribution is -2.15. The molecule has 1 N–H and O–H groups in total. The minimum atomic E-state index is -0.655. The molecule has 0 atom stereocenters. The number of carbonyl (C=O) groups is 4. The third-order valence-electron chi connectivity index (χ3n) is 4.11. The van der Waals surface area contributed by atoms with Gasteiger partial charge in [-0.05, 0) is 48.5 Å². The Hall–Kier alpha value is -3.76. The Morgan fingerprint density at radius 1 is 0.545 bits per heavy atom. The average molecular weight is 460 g/mol. The molecule has 0 heterocycles. The van der Waals surface area contributed by atoms with Crippen molar-refractivity contribution in [2.24, 2.45) is 0 Å². The second-order valence-electron chi connectivity index (χ2n) is 6.41. The maximum Gasteiger partial charge on any atom is 0.338 e. The Labute approximate surface area is 190 Å². The second-order valence-corrected chi connectivity index (χ2v) is 6.41. The summed E-state index contributed by atoms with van der Waals surface area (Å²) < 4.78 is 24.6. The summed E-state index contributed by atoms with van der Waals surface area (Å²) in [4.78, 5) is 47.6. The van der Waals surface area contributed by atoms with Crippen LogP contribution in [0.5, 0.6) is 0 Å². The highest BCUT2D eigenvalue weighted by atomic mass is 16.6. The number of methoxy groups -OCH3 is 1. The molecule has 0 saturated carbocycles. The van der Waals surface area contributed by atoms with E-state index < -0.39 is 23.9 Å². The van der Waals surface area contributed by atoms with Gasteiger partial charge in [0.05, 0.1) is 35.5 Å². The van der Waals surface area contributed by atoms with E-state index in [1.165, 1.54) is 55.6 Å². The maximum absolute atomic E-state index is 12.1. The van der Waals surface area contributed by atoms with Gasteiger partial charge in [-0.3, -0.25) is 0 Å². The number of ether oxygens (including phenoxy) is 5. The summed E-state index contributed by atoms with van der Waals surface area (Å²) in [7, 11) is 1.49. The molecule has 33 heavy (non-hydrogen) atoms. The van der Waals surface area contributed by atoms with E-state index in [2.05, 4.69) is 0 Å². The highest BCUT2D eigenvalue weighted by Crippen LogP contribution is 2.09. The van der Waals surface area contributed by atoms with E-state index >= 15 is 0 Å². The van der Waals surface area contributed by atoms with Crippen LogP contribution >= 0.6 is 0 Å². The van der Waals surface area contributed by atoms with Gasteiger partial charge < -0.3 is 28.8 Å². The fourth-order valence-electron chi connectivity index (χ4n) is 2.44. The summed E-state index contributed by atoms with van der Waals surface area (Å²) in [5, 5.41) is 8.65. The number of hydrogen-bond acceptors (Lipinski definition) is 10. The van der Waals surface area contributed by atoms with Gasteiger partial charge in [-0.2, -0.15) is 0 Å². The van der Waals surface area contributed by atoms with E-state index in [0.29, 0.717) is 0 Å². The monoisotopic (exact) mass is 460 g/mol. The summed E-state index contributed by atoms with van der Waals surface area (Å²) >= 11 is 0. The fourth-order valence-corrected chi connectivity index (χ4v) is 2.44. The van der Waals surface area contributed by atoms with Crippen LogP contribution in [0.25, 0.3) is 0 Å². The summed E-state index contributed by atoms with van der Waals surface area (Å²) in [6.45, 7) is -0.333. The van der Waals surface area contributed by atoms with Crippen molar-refractivity contribution >= 4 is 23.9 Å². The van der Waals surface area contributed by atoms with Crippen molar-refractivity contribution in [2.75, 3.05) is 46.8 Å². The van der Waals surface area contributed by atoms with Crippen LogP contribution in [0.4, 0.5) is 0 Å². The van der Waals surface area contributed by atoms with Crippen molar-refractivity contribution in [1.82, 2.24) is 0 Å². The highest BCUT2D eigenvalue weighted by Gasteiger charge is 2.13. The number of hydrogen-bond donors (Lipinski definition) is 1. The molecular weight excluding hydrogens is 436 g/mol. The molecule has 0 spiro atoms. The van der Waals surface area contributed by atoms with Crippen molar-refractivity contribution in [2.45, 2.75) is 0 Å². The van der Waals surface area contributed by atoms with Gasteiger partial charge >= 0.3 is 23.9 Å². The summed E-state index contributed by atoms with van der Waals surface area (Å²) in [6.07, 6.45) is 0. The maximum atomic E-state index is 12.1. The van der Waals surface area contributed by atoms with Gasteiger partial charge in [0, 0.05) is 7.11 Å². The summed E-state index contributed by atoms with van der Waals surface area (Å²) in [6, 6.07) is 11.3. The van der Waals surface area contributed by atoms with Crippen LogP contribution in [0.2, 0.25) is 0 Å². The van der Waals surface area contributed by atoms with Gasteiger partial charge in [-0.15, -0.1) is 0 Å². The molecule has 0 aromatic heterocycles. The fraction of sp³-hybridized carbons (Fsp3) is 0.304. The third-order valence-corrected chi connectivity index (χ3v) is 4.11. The van der Waals surface area contributed by atoms with Crippen molar-refractivity contribution in [1.29, 1.82) is 0 Å². The minimum Gasteiger partial charge on any atom is -0.460 e. The van der Waals surface area contributed by atoms with Crippen LogP contribution in [0.3, 0.4) is 0 Å². The van der Waals surface area contributed by atoms with Gasteiger partial charge in [0.15, 0.2) is 0 Å². The summed E-state index contributed by atoms with van der Waals surface area (Å²) in [5.74, 6) is -2.45. The topological polar surface area (TPSA) is 135 Å². The quantitative estimate of drug-likeness (QED) is 0.283. The molecule has 0 saturated heterocycles. The molecule has 2 aromatic carbocycles. The van der Waals surface area contributed by atoms with Crippen LogP contribution in [-0.2, 0) is 23.7 Å². The van der Waals surface area contributed by atoms with E-state index in [9.17, 15) is 19.2 Å². The van der Waals surface area contributed by atoms with Crippen LogP contribution < -0.4 is 0 Å². The lowest BCUT2D eigenvalue weighted by Gasteiger charge is -2.08. The van der Waals surface area contributed by atoms with Gasteiger partial charge in [0.1, 0.15) is 26.4 Å². The van der Waals surface area contributed by atoms with Crippen molar-refractivity contribution in [3.05, 3.63) is 70.8 Å². The zero-order valence-electron chi connectivity index (χ0n) is 18.0. The lowest BCUT2D eigenvalue weighted by molar-refractivity contribution is 0.0265.